The molecule has 5 nitrogen and oxygen atoms in total. The van der Waals surface area contributed by atoms with E-state index in [1.165, 1.54) is 0 Å². The lowest BCUT2D eigenvalue weighted by Gasteiger charge is -2.41. The van der Waals surface area contributed by atoms with Crippen molar-refractivity contribution in [3.8, 4) is 0 Å². The summed E-state index contributed by atoms with van der Waals surface area (Å²) in [5.74, 6) is -0.159. The number of hydrogen-bond acceptors (Lipinski definition) is 5. The average molecular weight is 391 g/mol. The van der Waals surface area contributed by atoms with Crippen molar-refractivity contribution < 1.29 is 23.4 Å². The van der Waals surface area contributed by atoms with Crippen LogP contribution in [0, 0.1) is 5.41 Å². The maximum Gasteiger partial charge on any atom is 0.311 e. The van der Waals surface area contributed by atoms with Crippen LogP contribution in [0.5, 0.6) is 0 Å². The van der Waals surface area contributed by atoms with E-state index >= 15 is 0 Å². The highest BCUT2D eigenvalue weighted by Crippen LogP contribution is 2.33. The van der Waals surface area contributed by atoms with Crippen LogP contribution in [0.25, 0.3) is 0 Å². The van der Waals surface area contributed by atoms with E-state index < -0.39 is 13.7 Å². The Morgan fingerprint density at radius 3 is 1.96 bits per heavy atom. The molecule has 0 radical (unpaired) electrons. The highest BCUT2D eigenvalue weighted by atomic mass is 28.4. The molecule has 0 N–H and O–H groups in total. The Bertz CT molecular complexity index is 382. The van der Waals surface area contributed by atoms with Crippen molar-refractivity contribution in [1.82, 2.24) is 0 Å². The number of hydrogen-bond donors (Lipinski definition) is 0. The molecule has 0 aliphatic carbocycles. The summed E-state index contributed by atoms with van der Waals surface area (Å²) in [6.45, 7) is 15.9. The fourth-order valence-electron chi connectivity index (χ4n) is 2.98. The van der Waals surface area contributed by atoms with E-state index in [1.807, 2.05) is 20.8 Å². The van der Waals surface area contributed by atoms with Crippen molar-refractivity contribution in [2.45, 2.75) is 91.5 Å². The van der Waals surface area contributed by atoms with Crippen LogP contribution in [0.2, 0.25) is 18.1 Å². The Labute approximate surface area is 162 Å². The largest absolute Gasteiger partial charge is 0.465 e. The topological polar surface area (TPSA) is 54.0 Å². The van der Waals surface area contributed by atoms with Crippen LogP contribution in [0.4, 0.5) is 0 Å². The van der Waals surface area contributed by atoms with Crippen molar-refractivity contribution in [1.29, 1.82) is 0 Å². The fraction of sp³-hybridized carbons (Fsp3) is 0.950. The van der Waals surface area contributed by atoms with Crippen LogP contribution in [0.1, 0.15) is 67.7 Å². The monoisotopic (exact) mass is 390 g/mol. The van der Waals surface area contributed by atoms with E-state index in [0.29, 0.717) is 26.4 Å². The van der Waals surface area contributed by atoms with E-state index in [-0.39, 0.29) is 11.6 Å². The third-order valence-corrected chi connectivity index (χ3v) is 9.86. The van der Waals surface area contributed by atoms with Crippen molar-refractivity contribution in [3.63, 3.8) is 0 Å². The molecular formula is C20H42O5Si. The van der Waals surface area contributed by atoms with Crippen molar-refractivity contribution in [3.05, 3.63) is 0 Å². The molecule has 0 bridgehead atoms. The van der Waals surface area contributed by atoms with Gasteiger partial charge in [0.05, 0.1) is 17.6 Å². The van der Waals surface area contributed by atoms with Gasteiger partial charge in [-0.1, -0.05) is 20.8 Å². The zero-order valence-electron chi connectivity index (χ0n) is 18.4. The third kappa shape index (κ3) is 9.49. The van der Waals surface area contributed by atoms with Crippen molar-refractivity contribution in [2.24, 2.45) is 5.41 Å². The van der Waals surface area contributed by atoms with Gasteiger partial charge in [-0.25, -0.2) is 0 Å². The Hall–Kier alpha value is -0.433. The summed E-state index contributed by atoms with van der Waals surface area (Å²) in [6.07, 6.45) is 2.50. The highest BCUT2D eigenvalue weighted by Gasteiger charge is 2.38. The van der Waals surface area contributed by atoms with Crippen LogP contribution >= 0.6 is 0 Å². The number of carbonyl (C=O) groups is 1. The molecule has 156 valence electrons. The molecule has 0 aromatic carbocycles. The maximum atomic E-state index is 12.0. The first-order valence-corrected chi connectivity index (χ1v) is 12.5. The zero-order valence-corrected chi connectivity index (χ0v) is 19.4. The first-order valence-electron chi connectivity index (χ1n) is 10.0. The van der Waals surface area contributed by atoms with Crippen molar-refractivity contribution in [2.75, 3.05) is 27.1 Å². The van der Waals surface area contributed by atoms with Gasteiger partial charge >= 0.3 is 5.97 Å². The molecule has 0 rings (SSSR count). The summed E-state index contributed by atoms with van der Waals surface area (Å²) in [7, 11) is -0.123. The summed E-state index contributed by atoms with van der Waals surface area (Å²) >= 11 is 0. The number of ether oxygens (including phenoxy) is 3. The van der Waals surface area contributed by atoms with Gasteiger partial charge in [-0.05, 0) is 58.7 Å². The molecule has 26 heavy (non-hydrogen) atoms. The van der Waals surface area contributed by atoms with Gasteiger partial charge in [-0.15, -0.1) is 0 Å². The van der Waals surface area contributed by atoms with Gasteiger partial charge in [0.15, 0.2) is 8.32 Å². The summed E-state index contributed by atoms with van der Waals surface area (Å²) < 4.78 is 22.7. The number of carbonyl (C=O) groups excluding carboxylic acids is 1. The molecule has 0 unspecified atom stereocenters. The van der Waals surface area contributed by atoms with Crippen LogP contribution in [0.3, 0.4) is 0 Å². The van der Waals surface area contributed by atoms with E-state index in [2.05, 4.69) is 27.7 Å². The second kappa shape index (κ2) is 12.1. The molecule has 0 heterocycles. The Balaban J connectivity index is 4.88. The standard InChI is InChI=1S/C20H42O5Si/c1-9-26(10-2,11-3)25-20(7,13-12-15-23-17-22-8)14-16-24-18(21)19(4,5)6/h9-17H2,1-8H3/t20-/m1/s1. The quantitative estimate of drug-likeness (QED) is 0.178. The van der Waals surface area contributed by atoms with Crippen LogP contribution < -0.4 is 0 Å². The molecule has 0 saturated heterocycles. The summed E-state index contributed by atoms with van der Waals surface area (Å²) in [6, 6.07) is 3.33. The number of methoxy groups -OCH3 is 1. The second-order valence-corrected chi connectivity index (χ2v) is 13.0. The van der Waals surface area contributed by atoms with Crippen LogP contribution in [0.15, 0.2) is 0 Å². The van der Waals surface area contributed by atoms with Gasteiger partial charge in [0.25, 0.3) is 0 Å². The fourth-order valence-corrected chi connectivity index (χ4v) is 6.17. The van der Waals surface area contributed by atoms with E-state index in [0.717, 1.165) is 31.0 Å². The molecule has 1 atom stereocenters. The third-order valence-electron chi connectivity index (χ3n) is 5.07. The minimum absolute atomic E-state index is 0.159. The SMILES string of the molecule is CC[Si](CC)(CC)O[C@](C)(CCCOCOC)CCOC(=O)C(C)(C)C. The van der Waals surface area contributed by atoms with Gasteiger partial charge in [0.1, 0.15) is 6.79 Å². The molecule has 0 amide bonds. The van der Waals surface area contributed by atoms with Gasteiger partial charge in [0.2, 0.25) is 0 Å². The number of esters is 1. The van der Waals surface area contributed by atoms with Crippen LogP contribution in [-0.2, 0) is 23.4 Å². The lowest BCUT2D eigenvalue weighted by atomic mass is 9.96. The minimum Gasteiger partial charge on any atom is -0.465 e. The van der Waals surface area contributed by atoms with E-state index in [1.54, 1.807) is 7.11 Å². The summed E-state index contributed by atoms with van der Waals surface area (Å²) in [5, 5.41) is 0. The average Bonchev–Trinajstić information content (AvgIpc) is 2.59. The predicted octanol–water partition coefficient (Wildman–Crippen LogP) is 5.15. The van der Waals surface area contributed by atoms with Gasteiger partial charge in [0, 0.05) is 20.1 Å². The lowest BCUT2D eigenvalue weighted by Crippen LogP contribution is -2.46. The highest BCUT2D eigenvalue weighted by molar-refractivity contribution is 6.73. The van der Waals surface area contributed by atoms with E-state index in [9.17, 15) is 4.79 Å². The molecule has 0 aromatic rings. The summed E-state index contributed by atoms with van der Waals surface area (Å²) in [5.41, 5.74) is -0.761. The molecule has 0 saturated carbocycles. The summed E-state index contributed by atoms with van der Waals surface area (Å²) in [4.78, 5) is 12.0. The molecule has 0 aromatic heterocycles. The second-order valence-electron chi connectivity index (χ2n) is 8.35. The number of rotatable bonds is 14. The molecule has 0 aliphatic heterocycles. The first-order chi connectivity index (χ1) is 12.1. The first kappa shape index (κ1) is 25.6. The molecule has 6 heteroatoms. The molecule has 0 aliphatic rings. The molecule has 0 spiro atoms. The Kier molecular flexibility index (Phi) is 11.9. The Morgan fingerprint density at radius 1 is 0.923 bits per heavy atom. The van der Waals surface area contributed by atoms with Gasteiger partial charge < -0.3 is 18.6 Å². The Morgan fingerprint density at radius 2 is 1.50 bits per heavy atom. The van der Waals surface area contributed by atoms with Crippen LogP contribution in [-0.4, -0.2) is 47.0 Å². The zero-order chi connectivity index (χ0) is 20.3. The van der Waals surface area contributed by atoms with Gasteiger partial charge in [-0.3, -0.25) is 4.79 Å². The smallest absolute Gasteiger partial charge is 0.311 e. The molecule has 0 fully saturated rings. The van der Waals surface area contributed by atoms with Crippen molar-refractivity contribution >= 4 is 14.3 Å². The van der Waals surface area contributed by atoms with Gasteiger partial charge in [-0.2, -0.15) is 0 Å². The van der Waals surface area contributed by atoms with E-state index in [4.69, 9.17) is 18.6 Å². The minimum atomic E-state index is -1.75. The normalized spacial score (nSPS) is 14.9. The lowest BCUT2D eigenvalue weighted by molar-refractivity contribution is -0.154. The molecular weight excluding hydrogens is 348 g/mol. The maximum absolute atomic E-state index is 12.0. The predicted molar refractivity (Wildman–Crippen MR) is 109 cm³/mol.